The van der Waals surface area contributed by atoms with E-state index in [-0.39, 0.29) is 0 Å². The van der Waals surface area contributed by atoms with Gasteiger partial charge in [0, 0.05) is 0 Å². The van der Waals surface area contributed by atoms with Crippen molar-refractivity contribution in [3.63, 3.8) is 0 Å². The number of nitrogens with one attached hydrogen (secondary N) is 1. The Morgan fingerprint density at radius 1 is 0.645 bits per heavy atom. The van der Waals surface area contributed by atoms with Crippen molar-refractivity contribution >= 4 is 10.1 Å². The van der Waals surface area contributed by atoms with Crippen LogP contribution in [0.25, 0.3) is 0 Å². The van der Waals surface area contributed by atoms with E-state index in [0.717, 1.165) is 0 Å². The Morgan fingerprint density at radius 3 is 1.10 bits per heavy atom. The predicted octanol–water partition coefficient (Wildman–Crippen LogP) is 4.47. The zero-order valence-corrected chi connectivity index (χ0v) is 15.7. The summed E-state index contributed by atoms with van der Waals surface area (Å²) in [4.78, 5) is 0. The minimum Gasteiger partial charge on any atom is -0.323 e. The van der Waals surface area contributed by atoms with E-state index in [4.69, 9.17) is 4.55 Å². The molecule has 0 spiro atoms. The lowest BCUT2D eigenvalue weighted by molar-refractivity contribution is -0.438. The van der Waals surface area contributed by atoms with Gasteiger partial charge in [0.2, 0.25) is 0 Å². The molecule has 2 N–H and O–H groups in total. The molecule has 4 nitrogen and oxygen atoms in total. The van der Waals surface area contributed by atoms with Gasteiger partial charge in [0.15, 0.2) is 6.17 Å². The molecule has 0 aromatic heterocycles. The average molecular weight is 523 g/mol. The maximum Gasteiger partial charge on any atom is 0.438 e. The summed E-state index contributed by atoms with van der Waals surface area (Å²) in [6, 6.07) is 0. The molecule has 0 saturated carbocycles. The zero-order chi connectivity index (χ0) is 26.3. The summed E-state index contributed by atoms with van der Waals surface area (Å²) in [6.45, 7) is -0.651. The Labute approximate surface area is 163 Å². The molecule has 0 fully saturated rings. The molecule has 1 atom stereocenters. The zero-order valence-electron chi connectivity index (χ0n) is 14.9. The molecule has 0 aromatic rings. The van der Waals surface area contributed by atoms with Crippen molar-refractivity contribution in [2.24, 2.45) is 0 Å². The van der Waals surface area contributed by atoms with Crippen LogP contribution in [0.5, 0.6) is 0 Å². The van der Waals surface area contributed by atoms with E-state index < -0.39 is 64.0 Å². The molecule has 0 aliphatic rings. The Balaban J connectivity index is 0. The van der Waals surface area contributed by atoms with Crippen LogP contribution >= 0.6 is 0 Å². The fourth-order valence-corrected chi connectivity index (χ4v) is 1.85. The minimum absolute atomic E-state index is 0.651. The van der Waals surface area contributed by atoms with Crippen LogP contribution in [0.15, 0.2) is 0 Å². The molecule has 0 aliphatic heterocycles. The number of halogens is 15. The first-order valence-electron chi connectivity index (χ1n) is 6.95. The lowest BCUT2D eigenvalue weighted by atomic mass is 9.90. The van der Waals surface area contributed by atoms with E-state index in [9.17, 15) is 74.3 Å². The first-order chi connectivity index (χ1) is 13.1. The van der Waals surface area contributed by atoms with Crippen molar-refractivity contribution < 1.29 is 78.8 Å². The Hall–Kier alpha value is -1.18. The normalized spacial score (nSPS) is 16.5. The van der Waals surface area contributed by atoms with Crippen molar-refractivity contribution in [1.82, 2.24) is 5.32 Å². The molecule has 0 radical (unpaired) electrons. The molecule has 190 valence electrons. The highest BCUT2D eigenvalue weighted by Gasteiger charge is 2.94. The summed E-state index contributed by atoms with van der Waals surface area (Å²) in [7, 11) is -4.01. The maximum absolute atomic E-state index is 13.2. The molecular formula is C11H12F15NO3S. The van der Waals surface area contributed by atoms with Crippen molar-refractivity contribution in [2.75, 3.05) is 14.1 Å². The summed E-state index contributed by atoms with van der Waals surface area (Å²) in [6.07, 6.45) is -4.47. The first kappa shape index (κ1) is 32.0. The third kappa shape index (κ3) is 4.51. The quantitative estimate of drug-likeness (QED) is 0.364. The Bertz CT molecular complexity index is 720. The maximum atomic E-state index is 13.2. The molecule has 0 aliphatic carbocycles. The predicted molar refractivity (Wildman–Crippen MR) is 71.7 cm³/mol. The molecule has 0 amide bonds. The number of rotatable bonds is 8. The van der Waals surface area contributed by atoms with Crippen LogP contribution in [-0.4, -0.2) is 74.0 Å². The van der Waals surface area contributed by atoms with Gasteiger partial charge >= 0.3 is 50.9 Å². The summed E-state index contributed by atoms with van der Waals surface area (Å²) in [5.74, 6) is -48.5. The second kappa shape index (κ2) is 8.64. The SMILES string of the molecule is CC(F)C(F)(F)C(F)(F)C(F)(F)C(F)(F)C(F)(F)C(F)(F)C(F)(F)S(=O)(=O)O.CNC. The molecule has 0 bridgehead atoms. The van der Waals surface area contributed by atoms with Gasteiger partial charge in [-0.15, -0.1) is 0 Å². The van der Waals surface area contributed by atoms with Crippen LogP contribution in [0.2, 0.25) is 0 Å². The smallest absolute Gasteiger partial charge is 0.323 e. The highest BCUT2D eigenvalue weighted by atomic mass is 32.2. The van der Waals surface area contributed by atoms with Crippen LogP contribution in [0.3, 0.4) is 0 Å². The van der Waals surface area contributed by atoms with Gasteiger partial charge in [0.05, 0.1) is 0 Å². The van der Waals surface area contributed by atoms with Gasteiger partial charge < -0.3 is 5.32 Å². The third-order valence-electron chi connectivity index (χ3n) is 3.19. The molecule has 0 saturated heterocycles. The Morgan fingerprint density at radius 2 is 0.871 bits per heavy atom. The fraction of sp³-hybridized carbons (Fsp3) is 1.00. The molecular weight excluding hydrogens is 511 g/mol. The molecule has 0 rings (SSSR count). The van der Waals surface area contributed by atoms with Crippen LogP contribution in [0.1, 0.15) is 6.92 Å². The number of hydrogen-bond donors (Lipinski definition) is 2. The molecule has 1 unspecified atom stereocenters. The summed E-state index contributed by atoms with van der Waals surface area (Å²) < 4.78 is 222. The van der Waals surface area contributed by atoms with E-state index in [0.29, 0.717) is 0 Å². The lowest BCUT2D eigenvalue weighted by Gasteiger charge is -2.42. The van der Waals surface area contributed by atoms with E-state index in [1.165, 1.54) is 0 Å². The molecule has 0 heterocycles. The Kier molecular flexibility index (Phi) is 8.92. The molecule has 0 aromatic carbocycles. The highest BCUT2D eigenvalue weighted by molar-refractivity contribution is 7.87. The molecule has 31 heavy (non-hydrogen) atoms. The third-order valence-corrected chi connectivity index (χ3v) is 4.09. The van der Waals surface area contributed by atoms with Gasteiger partial charge in [-0.1, -0.05) is 0 Å². The first-order valence-corrected chi connectivity index (χ1v) is 8.39. The standard InChI is InChI=1S/C9H5F15O3S.C2H7N/c1-2(10)3(11,12)4(13,14)5(15,16)6(17,18)7(19,20)8(21,22)9(23,24)28(25,26)27;1-3-2/h2H,1H3,(H,25,26,27);3H,1-2H3. The molecule has 20 heteroatoms. The van der Waals surface area contributed by atoms with Gasteiger partial charge in [0.25, 0.3) is 0 Å². The van der Waals surface area contributed by atoms with Crippen LogP contribution < -0.4 is 5.32 Å². The second-order valence-electron chi connectivity index (χ2n) is 5.60. The summed E-state index contributed by atoms with van der Waals surface area (Å²) in [5.41, 5.74) is 0. The topological polar surface area (TPSA) is 66.4 Å². The van der Waals surface area contributed by atoms with Gasteiger partial charge in [-0.3, -0.25) is 4.55 Å². The van der Waals surface area contributed by atoms with Crippen LogP contribution in [0, 0.1) is 0 Å². The monoisotopic (exact) mass is 523 g/mol. The van der Waals surface area contributed by atoms with E-state index in [1.54, 1.807) is 0 Å². The van der Waals surface area contributed by atoms with Crippen LogP contribution in [0.4, 0.5) is 65.9 Å². The number of alkyl halides is 15. The van der Waals surface area contributed by atoms with E-state index >= 15 is 0 Å². The van der Waals surface area contributed by atoms with Crippen molar-refractivity contribution in [2.45, 2.75) is 53.9 Å². The van der Waals surface area contributed by atoms with Gasteiger partial charge in [-0.2, -0.15) is 69.9 Å². The number of hydrogen-bond acceptors (Lipinski definition) is 3. The van der Waals surface area contributed by atoms with Gasteiger partial charge in [0.1, 0.15) is 0 Å². The van der Waals surface area contributed by atoms with Crippen molar-refractivity contribution in [3.05, 3.63) is 0 Å². The fourth-order valence-electron chi connectivity index (χ4n) is 1.40. The van der Waals surface area contributed by atoms with E-state index in [2.05, 4.69) is 5.32 Å². The van der Waals surface area contributed by atoms with E-state index in [1.807, 2.05) is 14.1 Å². The van der Waals surface area contributed by atoms with Crippen molar-refractivity contribution in [1.29, 1.82) is 0 Å². The minimum atomic E-state index is -8.54. The van der Waals surface area contributed by atoms with Gasteiger partial charge in [-0.25, -0.2) is 4.39 Å². The highest BCUT2D eigenvalue weighted by Crippen LogP contribution is 2.63. The van der Waals surface area contributed by atoms with Crippen molar-refractivity contribution in [3.8, 4) is 0 Å². The lowest BCUT2D eigenvalue weighted by Crippen LogP contribution is -2.74. The average Bonchev–Trinajstić information content (AvgIpc) is 2.53. The largest absolute Gasteiger partial charge is 0.438 e. The summed E-state index contributed by atoms with van der Waals surface area (Å²) in [5, 5.41) is -4.94. The summed E-state index contributed by atoms with van der Waals surface area (Å²) >= 11 is 0. The van der Waals surface area contributed by atoms with Crippen LogP contribution in [-0.2, 0) is 10.1 Å². The second-order valence-corrected chi connectivity index (χ2v) is 7.07. The van der Waals surface area contributed by atoms with Gasteiger partial charge in [-0.05, 0) is 21.0 Å².